The van der Waals surface area contributed by atoms with Crippen LogP contribution in [-0.4, -0.2) is 13.8 Å². The topological polar surface area (TPSA) is 24.5 Å². The molecule has 0 radical (unpaired) electrons. The number of benzene rings is 1. The maximum Gasteiger partial charge on any atom is 0.121 e. The summed E-state index contributed by atoms with van der Waals surface area (Å²) in [6.07, 6.45) is 0. The minimum atomic E-state index is 0.742. The van der Waals surface area contributed by atoms with Crippen molar-refractivity contribution >= 4 is 24.2 Å². The lowest BCUT2D eigenvalue weighted by Crippen LogP contribution is -2.09. The van der Waals surface area contributed by atoms with E-state index in [1.165, 1.54) is 0 Å². The summed E-state index contributed by atoms with van der Waals surface area (Å²) in [5.41, 5.74) is 2.17. The first-order valence-electron chi connectivity index (χ1n) is 3.69. The predicted octanol–water partition coefficient (Wildman–Crippen LogP) is 1.73. The van der Waals surface area contributed by atoms with Gasteiger partial charge in [0.15, 0.2) is 0 Å². The number of rotatable bonds is 1. The number of hydrogen-bond donors (Lipinski definition) is 2. The fourth-order valence-corrected chi connectivity index (χ4v) is 1.48. The fourth-order valence-electron chi connectivity index (χ4n) is 1.25. The minimum absolute atomic E-state index is 0.742. The first kappa shape index (κ1) is 7.61. The normalized spacial score (nSPS) is 14.0. The van der Waals surface area contributed by atoms with Gasteiger partial charge in [-0.25, -0.2) is 0 Å². The Bertz CT molecular complexity index is 303. The van der Waals surface area contributed by atoms with E-state index in [-0.39, 0.29) is 0 Å². The van der Waals surface area contributed by atoms with Gasteiger partial charge in [-0.15, -0.1) is 0 Å². The average molecular weight is 182 g/mol. The maximum absolute atomic E-state index is 5.10. The summed E-state index contributed by atoms with van der Waals surface area (Å²) in [7, 11) is 1.66. The van der Waals surface area contributed by atoms with E-state index >= 15 is 0 Å². The number of thiol groups is 1. The van der Waals surface area contributed by atoms with Gasteiger partial charge < -0.3 is 10.1 Å². The number of nitrogens with one attached hydrogen (secondary N) is 1. The highest BCUT2D eigenvalue weighted by molar-refractivity contribution is 7.81. The van der Waals surface area contributed by atoms with Gasteiger partial charge in [-0.3, -0.25) is 4.31 Å². The molecule has 0 saturated carbocycles. The molecule has 0 atom stereocenters. The van der Waals surface area contributed by atoms with Crippen LogP contribution in [0.25, 0.3) is 0 Å². The second-order valence-corrected chi connectivity index (χ2v) is 3.10. The van der Waals surface area contributed by atoms with E-state index < -0.39 is 0 Å². The summed E-state index contributed by atoms with van der Waals surface area (Å²) in [5.74, 6) is 0.858. The number of ether oxygens (including phenoxy) is 1. The molecule has 1 aliphatic rings. The van der Waals surface area contributed by atoms with Gasteiger partial charge >= 0.3 is 0 Å². The highest BCUT2D eigenvalue weighted by atomic mass is 32.1. The Morgan fingerprint density at radius 1 is 1.58 bits per heavy atom. The molecule has 1 N–H and O–H groups in total. The van der Waals surface area contributed by atoms with Gasteiger partial charge in [-0.1, -0.05) is 12.8 Å². The Morgan fingerprint density at radius 2 is 2.42 bits per heavy atom. The fraction of sp³-hybridized carbons (Fsp3) is 0.250. The van der Waals surface area contributed by atoms with Gasteiger partial charge in [0.25, 0.3) is 0 Å². The van der Waals surface area contributed by atoms with Crippen LogP contribution in [0.15, 0.2) is 18.2 Å². The molecule has 1 aromatic rings. The molecule has 0 aliphatic carbocycles. The van der Waals surface area contributed by atoms with Crippen LogP contribution in [0.3, 0.4) is 0 Å². The Balaban J connectivity index is 2.43. The van der Waals surface area contributed by atoms with Gasteiger partial charge in [-0.05, 0) is 12.1 Å². The molecule has 1 aromatic carbocycles. The summed E-state index contributed by atoms with van der Waals surface area (Å²) in [6, 6.07) is 5.88. The number of anilines is 2. The van der Waals surface area contributed by atoms with Crippen LogP contribution in [0.5, 0.6) is 5.75 Å². The van der Waals surface area contributed by atoms with Crippen molar-refractivity contribution in [1.82, 2.24) is 0 Å². The maximum atomic E-state index is 5.10. The Hall–Kier alpha value is -1.03. The third kappa shape index (κ3) is 1.08. The average Bonchev–Trinajstić information content (AvgIpc) is 2.47. The second kappa shape index (κ2) is 2.79. The first-order valence-corrected chi connectivity index (χ1v) is 4.09. The molecule has 0 spiro atoms. The van der Waals surface area contributed by atoms with Crippen LogP contribution < -0.4 is 14.4 Å². The molecule has 0 amide bonds. The van der Waals surface area contributed by atoms with Crippen LogP contribution in [0, 0.1) is 0 Å². The zero-order valence-corrected chi connectivity index (χ0v) is 7.64. The van der Waals surface area contributed by atoms with E-state index in [0.29, 0.717) is 0 Å². The van der Waals surface area contributed by atoms with Gasteiger partial charge in [-0.2, -0.15) is 0 Å². The van der Waals surface area contributed by atoms with E-state index in [1.54, 1.807) is 7.11 Å². The summed E-state index contributed by atoms with van der Waals surface area (Å²) in [5, 5.41) is 3.20. The monoisotopic (exact) mass is 182 g/mol. The summed E-state index contributed by atoms with van der Waals surface area (Å²) >= 11 is 4.27. The molecule has 0 saturated heterocycles. The highest BCUT2D eigenvalue weighted by Crippen LogP contribution is 2.35. The molecule has 1 aliphatic heterocycles. The predicted molar refractivity (Wildman–Crippen MR) is 52.9 cm³/mol. The van der Waals surface area contributed by atoms with Crippen molar-refractivity contribution in [2.45, 2.75) is 0 Å². The van der Waals surface area contributed by atoms with Crippen LogP contribution in [0.1, 0.15) is 0 Å². The minimum Gasteiger partial charge on any atom is -0.497 e. The third-order valence-electron chi connectivity index (χ3n) is 1.90. The molecule has 0 aromatic heterocycles. The molecule has 0 bridgehead atoms. The molecule has 0 fully saturated rings. The van der Waals surface area contributed by atoms with Crippen molar-refractivity contribution in [3.63, 3.8) is 0 Å². The van der Waals surface area contributed by atoms with Crippen molar-refractivity contribution in [3.8, 4) is 5.75 Å². The Morgan fingerprint density at radius 3 is 3.17 bits per heavy atom. The molecule has 3 nitrogen and oxygen atoms in total. The second-order valence-electron chi connectivity index (χ2n) is 2.62. The van der Waals surface area contributed by atoms with E-state index in [9.17, 15) is 0 Å². The first-order chi connectivity index (χ1) is 5.81. The van der Waals surface area contributed by atoms with Crippen molar-refractivity contribution in [2.24, 2.45) is 0 Å². The molecular formula is C8H10N2OS. The van der Waals surface area contributed by atoms with Gasteiger partial charge in [0.2, 0.25) is 0 Å². The van der Waals surface area contributed by atoms with E-state index in [1.807, 2.05) is 22.5 Å². The van der Waals surface area contributed by atoms with Crippen LogP contribution >= 0.6 is 12.8 Å². The Labute approximate surface area is 76.9 Å². The zero-order chi connectivity index (χ0) is 8.55. The molecule has 12 heavy (non-hydrogen) atoms. The van der Waals surface area contributed by atoms with E-state index in [4.69, 9.17) is 4.74 Å². The summed E-state index contributed by atoms with van der Waals surface area (Å²) < 4.78 is 6.94. The molecule has 2 rings (SSSR count). The quantitative estimate of drug-likeness (QED) is 0.647. The van der Waals surface area contributed by atoms with Crippen molar-refractivity contribution in [2.75, 3.05) is 23.4 Å². The van der Waals surface area contributed by atoms with Crippen LogP contribution in [-0.2, 0) is 0 Å². The summed E-state index contributed by atoms with van der Waals surface area (Å²) in [6.45, 7) is 0.742. The number of hydrogen-bond acceptors (Lipinski definition) is 4. The van der Waals surface area contributed by atoms with Gasteiger partial charge in [0.05, 0.1) is 25.2 Å². The van der Waals surface area contributed by atoms with Gasteiger partial charge in [0.1, 0.15) is 5.75 Å². The molecule has 64 valence electrons. The number of fused-ring (bicyclic) bond motifs is 1. The van der Waals surface area contributed by atoms with Crippen molar-refractivity contribution in [1.29, 1.82) is 0 Å². The lowest BCUT2D eigenvalue weighted by Gasteiger charge is -2.08. The van der Waals surface area contributed by atoms with Crippen molar-refractivity contribution in [3.05, 3.63) is 18.2 Å². The standard InChI is InChI=1S/C8H10N2OS/c1-11-6-2-3-7-8(4-6)10(12)5-9-7/h2-4,9,12H,5H2,1H3. The zero-order valence-electron chi connectivity index (χ0n) is 6.74. The molecule has 0 unspecified atom stereocenters. The number of nitrogens with zero attached hydrogens (tertiary/aromatic N) is 1. The van der Waals surface area contributed by atoms with Crippen molar-refractivity contribution < 1.29 is 4.74 Å². The molecular weight excluding hydrogens is 172 g/mol. The van der Waals surface area contributed by atoms with E-state index in [2.05, 4.69) is 18.1 Å². The summed E-state index contributed by atoms with van der Waals surface area (Å²) in [4.78, 5) is 0. The smallest absolute Gasteiger partial charge is 0.121 e. The van der Waals surface area contributed by atoms with E-state index in [0.717, 1.165) is 23.8 Å². The third-order valence-corrected chi connectivity index (χ3v) is 2.26. The number of methoxy groups -OCH3 is 1. The Kier molecular flexibility index (Phi) is 1.77. The van der Waals surface area contributed by atoms with Crippen LogP contribution in [0.4, 0.5) is 11.4 Å². The lowest BCUT2D eigenvalue weighted by molar-refractivity contribution is 0.415. The lowest BCUT2D eigenvalue weighted by atomic mass is 10.2. The highest BCUT2D eigenvalue weighted by Gasteiger charge is 2.15. The largest absolute Gasteiger partial charge is 0.497 e. The SMILES string of the molecule is COc1ccc2c(c1)N(S)CN2. The molecule has 1 heterocycles. The van der Waals surface area contributed by atoms with Crippen LogP contribution in [0.2, 0.25) is 0 Å². The van der Waals surface area contributed by atoms with Gasteiger partial charge in [0, 0.05) is 6.07 Å². The molecule has 4 heteroatoms.